The van der Waals surface area contributed by atoms with Crippen LogP contribution in [0.5, 0.6) is 0 Å². The first-order valence-corrected chi connectivity index (χ1v) is 17.3. The first-order valence-electron chi connectivity index (χ1n) is 9.62. The average molecular weight is 625 g/mol. The van der Waals surface area contributed by atoms with Crippen LogP contribution in [0.3, 0.4) is 0 Å². The Bertz CT molecular complexity index is 377. The summed E-state index contributed by atoms with van der Waals surface area (Å²) < 4.78 is 17.5. The third kappa shape index (κ3) is 49.0. The Morgan fingerprint density at radius 1 is 0.655 bits per heavy atom. The molecule has 2 unspecified atom stereocenters. The molecule has 0 bridgehead atoms. The van der Waals surface area contributed by atoms with Crippen LogP contribution >= 0.6 is 11.4 Å². The Balaban J connectivity index is -0.000000192. The Hall–Kier alpha value is 2.55. The van der Waals surface area contributed by atoms with Gasteiger partial charge in [-0.15, -0.1) is 35.0 Å². The van der Waals surface area contributed by atoms with Gasteiger partial charge >= 0.3 is 21.1 Å². The second-order valence-corrected chi connectivity index (χ2v) is 15.6. The summed E-state index contributed by atoms with van der Waals surface area (Å²) in [6.07, 6.45) is 14.1. The van der Waals surface area contributed by atoms with E-state index in [1.165, 1.54) is 51.4 Å². The molecule has 0 aliphatic heterocycles. The molecular formula is C16H34MoO5P2S5. The molecule has 0 heterocycles. The molecule has 174 valence electrons. The van der Waals surface area contributed by atoms with Gasteiger partial charge in [0.25, 0.3) is 0 Å². The Morgan fingerprint density at radius 3 is 1.14 bits per heavy atom. The van der Waals surface area contributed by atoms with Crippen LogP contribution in [0.2, 0.25) is 0 Å². The van der Waals surface area contributed by atoms with Crippen molar-refractivity contribution in [3.63, 3.8) is 0 Å². The smallest absolute Gasteiger partial charge is 0.819 e. The van der Waals surface area contributed by atoms with Crippen LogP contribution in [0.25, 0.3) is 0 Å². The molecule has 0 saturated carbocycles. The molecule has 0 rings (SSSR count). The average Bonchev–Trinajstić information content (AvgIpc) is 2.61. The maximum atomic E-state index is 10.8. The van der Waals surface area contributed by atoms with Crippen LogP contribution in [0.15, 0.2) is 0 Å². The summed E-state index contributed by atoms with van der Waals surface area (Å²) in [7, 11) is 0. The minimum Gasteiger partial charge on any atom is -0.819 e. The molecule has 2 atom stereocenters. The third-order valence-electron chi connectivity index (χ3n) is 3.49. The molecule has 0 aromatic carbocycles. The summed E-state index contributed by atoms with van der Waals surface area (Å²) in [6.45, 7) is 5.29. The first kappa shape index (κ1) is 38.8. The van der Waals surface area contributed by atoms with Gasteiger partial charge in [0, 0.05) is 13.2 Å². The summed E-state index contributed by atoms with van der Waals surface area (Å²) in [6, 6.07) is 0. The third-order valence-corrected chi connectivity index (χ3v) is 5.76. The van der Waals surface area contributed by atoms with Gasteiger partial charge in [0.2, 0.25) is 0 Å². The Morgan fingerprint density at radius 2 is 0.897 bits per heavy atom. The maximum Gasteiger partial charge on any atom is 4.00 e. The Kier molecular flexibility index (Phi) is 38.2. The number of unbranched alkanes of at least 4 members (excludes halogenated alkanes) is 10. The van der Waals surface area contributed by atoms with E-state index in [0.717, 1.165) is 25.7 Å². The summed E-state index contributed by atoms with van der Waals surface area (Å²) in [5, 5.41) is 0. The predicted molar refractivity (Wildman–Crippen MR) is 130 cm³/mol. The standard InChI is InChI=1S/2C8H19O2PS2.Mo.OS/c2*1-2-3-4-5-6-7-8-10-11(9,12)13;;1-2/h2*2-8H2,1H3,(H2,9,12,13);;/q;;+4;/p-4. The van der Waals surface area contributed by atoms with Crippen LogP contribution in [-0.4, -0.2) is 17.4 Å². The van der Waals surface area contributed by atoms with Gasteiger partial charge < -0.3 is 43.3 Å². The number of rotatable bonds is 16. The van der Waals surface area contributed by atoms with E-state index in [1.54, 1.807) is 0 Å². The van der Waals surface area contributed by atoms with Crippen molar-refractivity contribution in [1.82, 2.24) is 0 Å². The van der Waals surface area contributed by atoms with E-state index in [9.17, 15) is 9.79 Å². The molecular weight excluding hydrogens is 590 g/mol. The Labute approximate surface area is 218 Å². The van der Waals surface area contributed by atoms with E-state index in [0.29, 0.717) is 13.2 Å². The van der Waals surface area contributed by atoms with Gasteiger partial charge in [0.05, 0.1) is 0 Å². The molecule has 0 aromatic heterocycles. The van der Waals surface area contributed by atoms with Crippen LogP contribution in [0.4, 0.5) is 0 Å². The summed E-state index contributed by atoms with van der Waals surface area (Å²) in [5.74, 6) is 0. The topological polar surface area (TPSA) is 81.7 Å². The zero-order valence-corrected chi connectivity index (χ0v) is 25.2. The van der Waals surface area contributed by atoms with E-state index in [1.807, 2.05) is 0 Å². The maximum absolute atomic E-state index is 10.8. The molecule has 0 fully saturated rings. The quantitative estimate of drug-likeness (QED) is 0.105. The van der Waals surface area contributed by atoms with Gasteiger partial charge in [-0.1, -0.05) is 78.1 Å². The van der Waals surface area contributed by atoms with Crippen molar-refractivity contribution in [2.24, 2.45) is 0 Å². The fraction of sp³-hybridized carbons (Fsp3) is 1.00. The van der Waals surface area contributed by atoms with Crippen LogP contribution < -0.4 is 9.79 Å². The predicted octanol–water partition coefficient (Wildman–Crippen LogP) is 4.65. The first-order chi connectivity index (χ1) is 13.1. The van der Waals surface area contributed by atoms with E-state index in [4.69, 9.17) is 13.3 Å². The molecule has 0 aliphatic carbocycles. The van der Waals surface area contributed by atoms with Crippen molar-refractivity contribution in [2.75, 3.05) is 13.2 Å². The molecule has 29 heavy (non-hydrogen) atoms. The molecule has 0 N–H and O–H groups in total. The molecule has 0 amide bonds. The summed E-state index contributed by atoms with van der Waals surface area (Å²) in [4.78, 5) is 21.5. The van der Waals surface area contributed by atoms with Crippen molar-refractivity contribution < 1.29 is 44.1 Å². The zero-order chi connectivity index (χ0) is 22.3. The van der Waals surface area contributed by atoms with Crippen LogP contribution in [0.1, 0.15) is 90.9 Å². The normalized spacial score (nSPS) is 14.1. The van der Waals surface area contributed by atoms with Gasteiger partial charge in [-0.05, 0) is 12.8 Å². The van der Waals surface area contributed by atoms with Gasteiger partial charge in [-0.3, -0.25) is 0 Å². The number of hydrogen-bond donors (Lipinski definition) is 0. The molecule has 0 spiro atoms. The molecule has 0 aromatic rings. The van der Waals surface area contributed by atoms with Crippen molar-refractivity contribution in [2.45, 2.75) is 90.9 Å². The molecule has 13 heteroatoms. The molecule has 0 aliphatic rings. The van der Waals surface area contributed by atoms with Gasteiger partial charge in [-0.25, -0.2) is 0 Å². The van der Waals surface area contributed by atoms with Crippen LogP contribution in [0, 0.1) is 0 Å². The second kappa shape index (κ2) is 28.6. The van der Waals surface area contributed by atoms with Gasteiger partial charge in [-0.2, -0.15) is 4.21 Å². The van der Waals surface area contributed by atoms with E-state index in [2.05, 4.69) is 74.5 Å². The summed E-state index contributed by atoms with van der Waals surface area (Å²) in [5.41, 5.74) is -6.12. The monoisotopic (exact) mass is 626 g/mol. The minimum absolute atomic E-state index is 0. The number of hydrogen-bond acceptors (Lipinski definition) is 10. The van der Waals surface area contributed by atoms with E-state index < -0.39 is 11.4 Å². The van der Waals surface area contributed by atoms with Gasteiger partial charge in [0.15, 0.2) is 12.5 Å². The van der Waals surface area contributed by atoms with E-state index in [-0.39, 0.29) is 21.1 Å². The van der Waals surface area contributed by atoms with Crippen molar-refractivity contribution >= 4 is 72.0 Å². The van der Waals surface area contributed by atoms with E-state index >= 15 is 0 Å². The summed E-state index contributed by atoms with van der Waals surface area (Å²) >= 11 is 20.6. The minimum atomic E-state index is -3.06. The fourth-order valence-electron chi connectivity index (χ4n) is 2.12. The fourth-order valence-corrected chi connectivity index (χ4v) is 3.72. The molecule has 0 radical (unpaired) electrons. The SMILES string of the molecule is CCCCCCCCOP([O-])(=S)[S-].CCCCCCCCOP([O-])(=S)[S-].O=S.[Mo+4]. The molecule has 0 saturated heterocycles. The van der Waals surface area contributed by atoms with Gasteiger partial charge in [0.1, 0.15) is 0 Å². The van der Waals surface area contributed by atoms with Crippen molar-refractivity contribution in [3.8, 4) is 0 Å². The molecule has 5 nitrogen and oxygen atoms in total. The van der Waals surface area contributed by atoms with Crippen molar-refractivity contribution in [3.05, 3.63) is 0 Å². The van der Waals surface area contributed by atoms with Crippen molar-refractivity contribution in [1.29, 1.82) is 0 Å². The largest absolute Gasteiger partial charge is 4.00 e. The van der Waals surface area contributed by atoms with Crippen LogP contribution in [-0.2, 0) is 90.8 Å². The zero-order valence-electron chi connectivity index (χ0n) is 17.3. The second-order valence-electron chi connectivity index (χ2n) is 6.10.